The van der Waals surface area contributed by atoms with Gasteiger partial charge < -0.3 is 20.8 Å². The molecule has 0 heterocycles. The van der Waals surface area contributed by atoms with Crippen molar-refractivity contribution < 1.29 is 19.8 Å². The lowest BCUT2D eigenvalue weighted by atomic mass is 9.52. The molecule has 5 rings (SSSR count). The minimum atomic E-state index is -1.14. The van der Waals surface area contributed by atoms with Gasteiger partial charge in [-0.2, -0.15) is 0 Å². The minimum absolute atomic E-state index is 0.113. The fourth-order valence-electron chi connectivity index (χ4n) is 5.25. The fraction of sp³-hybridized carbons (Fsp3) is 0.867. The third kappa shape index (κ3) is 2.11. The van der Waals surface area contributed by atoms with Crippen LogP contribution in [0.1, 0.15) is 44.9 Å². The van der Waals surface area contributed by atoms with E-state index in [2.05, 4.69) is 10.6 Å². The van der Waals surface area contributed by atoms with Gasteiger partial charge in [0.15, 0.2) is 0 Å². The zero-order chi connectivity index (χ0) is 14.8. The van der Waals surface area contributed by atoms with E-state index in [0.29, 0.717) is 30.6 Å². The predicted octanol–water partition coefficient (Wildman–Crippen LogP) is 0.842. The molecule has 0 radical (unpaired) electrons. The van der Waals surface area contributed by atoms with Crippen molar-refractivity contribution in [2.75, 3.05) is 0 Å². The lowest BCUT2D eigenvalue weighted by Crippen LogP contribution is -2.63. The summed E-state index contributed by atoms with van der Waals surface area (Å²) in [5, 5.41) is 24.9. The number of carboxylic acid groups (broad SMARTS) is 1. The van der Waals surface area contributed by atoms with Crippen molar-refractivity contribution in [3.8, 4) is 0 Å². The largest absolute Gasteiger partial charge is 0.465 e. The van der Waals surface area contributed by atoms with Crippen molar-refractivity contribution in [3.05, 3.63) is 0 Å². The highest BCUT2D eigenvalue weighted by Gasteiger charge is 2.57. The molecule has 0 saturated heterocycles. The first-order chi connectivity index (χ1) is 9.89. The first kappa shape index (κ1) is 13.4. The quantitative estimate of drug-likeness (QED) is 0.620. The van der Waals surface area contributed by atoms with Gasteiger partial charge in [0.1, 0.15) is 5.54 Å². The molecule has 116 valence electrons. The molecule has 2 unspecified atom stereocenters. The molecule has 5 fully saturated rings. The van der Waals surface area contributed by atoms with E-state index in [0.717, 1.165) is 32.1 Å². The van der Waals surface area contributed by atoms with Crippen LogP contribution in [0.4, 0.5) is 4.79 Å². The monoisotopic (exact) mass is 294 g/mol. The standard InChI is InChI=1S/C15H22N2O4/c18-12(15(1-2-15)17-13(19)20)16-11-9-3-8-4-10(11)7-14(21,5-8)6-9/h8-11,17,21H,1-7H2,(H,16,18)(H,19,20). The second-order valence-electron chi connectivity index (χ2n) is 7.71. The summed E-state index contributed by atoms with van der Waals surface area (Å²) in [5.74, 6) is 1.14. The van der Waals surface area contributed by atoms with Crippen LogP contribution >= 0.6 is 0 Å². The van der Waals surface area contributed by atoms with Crippen molar-refractivity contribution in [2.45, 2.75) is 62.1 Å². The van der Waals surface area contributed by atoms with E-state index in [1.54, 1.807) is 0 Å². The average molecular weight is 294 g/mol. The molecule has 5 aliphatic rings. The minimum Gasteiger partial charge on any atom is -0.465 e. The summed E-state index contributed by atoms with van der Waals surface area (Å²) in [6.07, 6.45) is 4.69. The van der Waals surface area contributed by atoms with Crippen molar-refractivity contribution in [1.82, 2.24) is 10.6 Å². The zero-order valence-electron chi connectivity index (χ0n) is 12.0. The molecule has 6 heteroatoms. The van der Waals surface area contributed by atoms with Crippen LogP contribution in [-0.2, 0) is 4.79 Å². The van der Waals surface area contributed by atoms with E-state index in [1.807, 2.05) is 0 Å². The molecule has 5 aliphatic carbocycles. The number of aliphatic hydroxyl groups is 1. The molecule has 4 N–H and O–H groups in total. The van der Waals surface area contributed by atoms with Gasteiger partial charge in [0, 0.05) is 6.04 Å². The molecule has 0 aromatic heterocycles. The summed E-state index contributed by atoms with van der Waals surface area (Å²) in [6.45, 7) is 0. The Hall–Kier alpha value is -1.30. The molecule has 0 aromatic rings. The predicted molar refractivity (Wildman–Crippen MR) is 73.6 cm³/mol. The Morgan fingerprint density at radius 3 is 2.14 bits per heavy atom. The molecule has 0 aliphatic heterocycles. The SMILES string of the molecule is O=C(O)NC1(C(=O)NC2C3CC4CC2CC(O)(C4)C3)CC1. The summed E-state index contributed by atoms with van der Waals surface area (Å²) in [5.41, 5.74) is -1.40. The smallest absolute Gasteiger partial charge is 0.405 e. The highest BCUT2D eigenvalue weighted by molar-refractivity contribution is 5.92. The number of hydrogen-bond donors (Lipinski definition) is 4. The number of carbonyl (C=O) groups excluding carboxylic acids is 1. The van der Waals surface area contributed by atoms with Crippen LogP contribution < -0.4 is 10.6 Å². The number of hydrogen-bond acceptors (Lipinski definition) is 3. The molecule has 5 saturated carbocycles. The van der Waals surface area contributed by atoms with E-state index in [-0.39, 0.29) is 11.9 Å². The van der Waals surface area contributed by atoms with Crippen LogP contribution in [0, 0.1) is 17.8 Å². The van der Waals surface area contributed by atoms with E-state index in [1.165, 1.54) is 0 Å². The van der Waals surface area contributed by atoms with E-state index >= 15 is 0 Å². The maximum atomic E-state index is 12.4. The molecule has 0 spiro atoms. The molecule has 21 heavy (non-hydrogen) atoms. The van der Waals surface area contributed by atoms with E-state index < -0.39 is 17.2 Å². The van der Waals surface area contributed by atoms with Crippen LogP contribution in [0.2, 0.25) is 0 Å². The van der Waals surface area contributed by atoms with E-state index in [9.17, 15) is 14.7 Å². The maximum absolute atomic E-state index is 12.4. The molecular weight excluding hydrogens is 272 g/mol. The molecule has 2 amide bonds. The van der Waals surface area contributed by atoms with Gasteiger partial charge in [0.05, 0.1) is 5.60 Å². The van der Waals surface area contributed by atoms with Crippen molar-refractivity contribution in [3.63, 3.8) is 0 Å². The molecule has 6 nitrogen and oxygen atoms in total. The van der Waals surface area contributed by atoms with Crippen molar-refractivity contribution in [1.29, 1.82) is 0 Å². The summed E-state index contributed by atoms with van der Waals surface area (Å²) >= 11 is 0. The highest BCUT2D eigenvalue weighted by Crippen LogP contribution is 2.55. The Labute approximate surface area is 123 Å². The second kappa shape index (κ2) is 4.12. The zero-order valence-corrected chi connectivity index (χ0v) is 12.0. The number of rotatable bonds is 3. The van der Waals surface area contributed by atoms with Gasteiger partial charge in [-0.15, -0.1) is 0 Å². The third-order valence-electron chi connectivity index (χ3n) is 6.07. The fourth-order valence-corrected chi connectivity index (χ4v) is 5.25. The Kier molecular flexibility index (Phi) is 2.62. The third-order valence-corrected chi connectivity index (χ3v) is 6.07. The Morgan fingerprint density at radius 1 is 1.05 bits per heavy atom. The molecule has 0 aromatic carbocycles. The van der Waals surface area contributed by atoms with Crippen molar-refractivity contribution >= 4 is 12.0 Å². The van der Waals surface area contributed by atoms with E-state index in [4.69, 9.17) is 5.11 Å². The maximum Gasteiger partial charge on any atom is 0.405 e. The number of carbonyl (C=O) groups is 2. The lowest BCUT2D eigenvalue weighted by molar-refractivity contribution is -0.147. The van der Waals surface area contributed by atoms with Gasteiger partial charge in [0.25, 0.3) is 0 Å². The summed E-state index contributed by atoms with van der Waals surface area (Å²) in [7, 11) is 0. The Balaban J connectivity index is 1.46. The Bertz CT molecular complexity index is 486. The first-order valence-corrected chi connectivity index (χ1v) is 7.94. The second-order valence-corrected chi connectivity index (χ2v) is 7.71. The topological polar surface area (TPSA) is 98.7 Å². The Morgan fingerprint density at radius 2 is 1.67 bits per heavy atom. The lowest BCUT2D eigenvalue weighted by Gasteiger charge is -2.58. The summed E-state index contributed by atoms with van der Waals surface area (Å²) in [4.78, 5) is 23.2. The summed E-state index contributed by atoms with van der Waals surface area (Å²) < 4.78 is 0. The normalized spacial score (nSPS) is 45.2. The van der Waals surface area contributed by atoms with Gasteiger partial charge in [0.2, 0.25) is 5.91 Å². The highest BCUT2D eigenvalue weighted by atomic mass is 16.4. The first-order valence-electron chi connectivity index (χ1n) is 7.94. The molecule has 2 atom stereocenters. The van der Waals surface area contributed by atoms with Crippen LogP contribution in [0.25, 0.3) is 0 Å². The van der Waals surface area contributed by atoms with Gasteiger partial charge >= 0.3 is 6.09 Å². The van der Waals surface area contributed by atoms with Crippen LogP contribution in [-0.4, -0.2) is 39.4 Å². The van der Waals surface area contributed by atoms with Crippen LogP contribution in [0.3, 0.4) is 0 Å². The average Bonchev–Trinajstić information content (AvgIpc) is 3.11. The van der Waals surface area contributed by atoms with Gasteiger partial charge in [-0.25, -0.2) is 4.79 Å². The molecular formula is C15H22N2O4. The number of amides is 2. The van der Waals surface area contributed by atoms with Gasteiger partial charge in [-0.05, 0) is 62.7 Å². The van der Waals surface area contributed by atoms with Gasteiger partial charge in [-0.3, -0.25) is 4.79 Å². The van der Waals surface area contributed by atoms with Gasteiger partial charge in [-0.1, -0.05) is 0 Å². The summed E-state index contributed by atoms with van der Waals surface area (Å²) in [6, 6.07) is 0.113. The number of nitrogens with one attached hydrogen (secondary N) is 2. The van der Waals surface area contributed by atoms with Crippen LogP contribution in [0.5, 0.6) is 0 Å². The van der Waals surface area contributed by atoms with Crippen LogP contribution in [0.15, 0.2) is 0 Å². The molecule has 4 bridgehead atoms. The van der Waals surface area contributed by atoms with Crippen molar-refractivity contribution in [2.24, 2.45) is 17.8 Å².